The van der Waals surface area contributed by atoms with E-state index in [4.69, 9.17) is 10.5 Å². The van der Waals surface area contributed by atoms with E-state index in [2.05, 4.69) is 24.3 Å². The van der Waals surface area contributed by atoms with E-state index >= 15 is 0 Å². The van der Waals surface area contributed by atoms with Crippen LogP contribution in [0.15, 0.2) is 84.6 Å². The highest BCUT2D eigenvalue weighted by atomic mass is 32.2. The Morgan fingerprint density at radius 1 is 1.08 bits per heavy atom. The summed E-state index contributed by atoms with van der Waals surface area (Å²) in [5.41, 5.74) is 9.90. The lowest BCUT2D eigenvalue weighted by Gasteiger charge is -2.22. The molecule has 1 atom stereocenters. The number of nitrogens with zero attached hydrogens (tertiary/aromatic N) is 2. The van der Waals surface area contributed by atoms with Crippen LogP contribution in [0.5, 0.6) is 5.75 Å². The lowest BCUT2D eigenvalue weighted by atomic mass is 10.0. The van der Waals surface area contributed by atoms with E-state index in [9.17, 15) is 17.6 Å². The Morgan fingerprint density at radius 3 is 2.32 bits per heavy atom. The van der Waals surface area contributed by atoms with Gasteiger partial charge < -0.3 is 10.5 Å². The van der Waals surface area contributed by atoms with Gasteiger partial charge in [-0.1, -0.05) is 43.1 Å². The number of rotatable bonds is 7. The Kier molecular flexibility index (Phi) is 11.9. The zero-order chi connectivity index (χ0) is 28.2. The third kappa shape index (κ3) is 8.14. The van der Waals surface area contributed by atoms with Crippen molar-refractivity contribution in [1.82, 2.24) is 5.01 Å². The Morgan fingerprint density at radius 2 is 1.74 bits per heavy atom. The molecule has 0 amide bonds. The van der Waals surface area contributed by atoms with Crippen LogP contribution in [0, 0.1) is 17.5 Å². The van der Waals surface area contributed by atoms with E-state index in [0.717, 1.165) is 40.0 Å². The Bertz CT molecular complexity index is 1270. The van der Waals surface area contributed by atoms with Gasteiger partial charge in [-0.3, -0.25) is 9.40 Å². The summed E-state index contributed by atoms with van der Waals surface area (Å²) >= 11 is 1.64. The average molecular weight is 546 g/mol. The van der Waals surface area contributed by atoms with Crippen molar-refractivity contribution in [3.05, 3.63) is 119 Å². The van der Waals surface area contributed by atoms with Crippen molar-refractivity contribution in [1.29, 1.82) is 0 Å². The topological polar surface area (TPSA) is 50.9 Å². The number of methoxy groups -OCH3 is 1. The number of alkyl halides is 1. The summed E-state index contributed by atoms with van der Waals surface area (Å²) in [7, 11) is 4.12. The molecule has 0 aromatic heterocycles. The molecule has 1 heterocycles. The molecule has 0 bridgehead atoms. The van der Waals surface area contributed by atoms with E-state index < -0.39 is 11.6 Å². The number of hydrogen-bond acceptors (Lipinski definition) is 5. The van der Waals surface area contributed by atoms with Crippen LogP contribution in [0.25, 0.3) is 6.08 Å². The standard InChI is InChI=1S/C20H22FN3OS.C8H6F2.CH3F/c1-13(22)7-12-16-17(5-4-6-18(16)25-3)20-24(2)23-19(26-20)14-8-10-15(21)11-9-14;1-2-6-3-4-7(9)5-8(6)10;1-2/h4-6,8-11,20H,1,7,12,22H2,2-3H3;2-5H,1H2;1H3. The molecule has 4 rings (SSSR count). The normalized spacial score (nSPS) is 13.9. The predicted molar refractivity (Wildman–Crippen MR) is 149 cm³/mol. The summed E-state index contributed by atoms with van der Waals surface area (Å²) in [6, 6.07) is 15.8. The van der Waals surface area contributed by atoms with Gasteiger partial charge >= 0.3 is 0 Å². The molecule has 38 heavy (non-hydrogen) atoms. The van der Waals surface area contributed by atoms with Gasteiger partial charge in [-0.05, 0) is 60.9 Å². The maximum absolute atomic E-state index is 13.2. The fraction of sp³-hybridized carbons (Fsp3) is 0.207. The number of ether oxygens (including phenoxy) is 1. The second-order valence-corrected chi connectivity index (χ2v) is 9.08. The van der Waals surface area contributed by atoms with Crippen molar-refractivity contribution < 1.29 is 22.3 Å². The highest BCUT2D eigenvalue weighted by molar-refractivity contribution is 8.14. The lowest BCUT2D eigenvalue weighted by Crippen LogP contribution is -2.14. The van der Waals surface area contributed by atoms with Crippen molar-refractivity contribution in [2.24, 2.45) is 10.8 Å². The minimum absolute atomic E-state index is 0.0196. The molecular weight excluding hydrogens is 514 g/mol. The van der Waals surface area contributed by atoms with Gasteiger partial charge in [0.05, 0.1) is 14.3 Å². The highest BCUT2D eigenvalue weighted by Crippen LogP contribution is 2.43. The first-order valence-corrected chi connectivity index (χ1v) is 12.4. The largest absolute Gasteiger partial charge is 0.496 e. The molecule has 0 saturated heterocycles. The van der Waals surface area contributed by atoms with Crippen LogP contribution in [0.3, 0.4) is 0 Å². The summed E-state index contributed by atoms with van der Waals surface area (Å²) in [6.45, 7) is 7.15. The van der Waals surface area contributed by atoms with Crippen LogP contribution in [0.2, 0.25) is 0 Å². The summed E-state index contributed by atoms with van der Waals surface area (Å²) < 4.78 is 53.0. The molecule has 3 aromatic carbocycles. The van der Waals surface area contributed by atoms with Crippen LogP contribution in [-0.2, 0) is 6.42 Å². The molecule has 1 unspecified atom stereocenters. The molecule has 0 spiro atoms. The molecule has 9 heteroatoms. The van der Waals surface area contributed by atoms with Gasteiger partial charge in [-0.15, -0.1) is 0 Å². The first-order valence-electron chi connectivity index (χ1n) is 11.5. The third-order valence-electron chi connectivity index (χ3n) is 5.44. The van der Waals surface area contributed by atoms with Crippen molar-refractivity contribution in [2.45, 2.75) is 18.2 Å². The molecule has 4 nitrogen and oxygen atoms in total. The van der Waals surface area contributed by atoms with Crippen LogP contribution in [0.4, 0.5) is 17.6 Å². The minimum atomic E-state index is -0.574. The zero-order valence-electron chi connectivity index (χ0n) is 21.6. The Labute approximate surface area is 225 Å². The minimum Gasteiger partial charge on any atom is -0.496 e. The number of halogens is 4. The van der Waals surface area contributed by atoms with Crippen LogP contribution >= 0.6 is 11.8 Å². The van der Waals surface area contributed by atoms with E-state index in [-0.39, 0.29) is 11.2 Å². The number of benzene rings is 3. The molecule has 202 valence electrons. The number of thioether (sulfide) groups is 1. The quantitative estimate of drug-likeness (QED) is 0.313. The SMILES string of the molecule is C=C(N)CCc1c(OC)cccc1C1SC(c2ccc(F)cc2)=NN1C.C=Cc1ccc(F)cc1F.CF. The van der Waals surface area contributed by atoms with Crippen LogP contribution < -0.4 is 10.5 Å². The molecule has 1 aliphatic heterocycles. The van der Waals surface area contributed by atoms with Crippen molar-refractivity contribution in [3.63, 3.8) is 0 Å². The zero-order valence-corrected chi connectivity index (χ0v) is 22.4. The van der Waals surface area contributed by atoms with Crippen LogP contribution in [0.1, 0.15) is 34.0 Å². The number of allylic oxidation sites excluding steroid dienone is 1. The van der Waals surface area contributed by atoms with E-state index in [0.29, 0.717) is 24.9 Å². The smallest absolute Gasteiger partial charge is 0.133 e. The Hall–Kier alpha value is -3.72. The van der Waals surface area contributed by atoms with Crippen molar-refractivity contribution in [3.8, 4) is 5.75 Å². The van der Waals surface area contributed by atoms with E-state index in [1.807, 2.05) is 24.2 Å². The first-order chi connectivity index (χ1) is 18.2. The van der Waals surface area contributed by atoms with Gasteiger partial charge in [0.25, 0.3) is 0 Å². The summed E-state index contributed by atoms with van der Waals surface area (Å²) in [5.74, 6) is -0.551. The number of hydrazone groups is 1. The van der Waals surface area contributed by atoms with Gasteiger partial charge in [0, 0.05) is 35.5 Å². The van der Waals surface area contributed by atoms with Crippen molar-refractivity contribution in [2.75, 3.05) is 21.3 Å². The van der Waals surface area contributed by atoms with Crippen molar-refractivity contribution >= 4 is 22.9 Å². The summed E-state index contributed by atoms with van der Waals surface area (Å²) in [5, 5.41) is 7.46. The molecule has 0 radical (unpaired) electrons. The third-order valence-corrected chi connectivity index (χ3v) is 6.76. The number of nitrogens with two attached hydrogens (primary N) is 1. The predicted octanol–water partition coefficient (Wildman–Crippen LogP) is 7.47. The molecule has 3 aromatic rings. The van der Waals surface area contributed by atoms with Gasteiger partial charge in [0.2, 0.25) is 0 Å². The van der Waals surface area contributed by atoms with E-state index in [1.54, 1.807) is 31.0 Å². The lowest BCUT2D eigenvalue weighted by molar-refractivity contribution is 0.343. The fourth-order valence-electron chi connectivity index (χ4n) is 3.61. The molecule has 2 N–H and O–H groups in total. The van der Waals surface area contributed by atoms with Gasteiger partial charge in [0.15, 0.2) is 0 Å². The second-order valence-electron chi connectivity index (χ2n) is 8.01. The summed E-state index contributed by atoms with van der Waals surface area (Å²) in [6.07, 6.45) is 2.79. The highest BCUT2D eigenvalue weighted by Gasteiger charge is 2.29. The van der Waals surface area contributed by atoms with Gasteiger partial charge in [0.1, 0.15) is 33.6 Å². The fourth-order valence-corrected chi connectivity index (χ4v) is 4.82. The van der Waals surface area contributed by atoms with Gasteiger partial charge in [-0.25, -0.2) is 13.2 Å². The first kappa shape index (κ1) is 30.5. The Balaban J connectivity index is 0.000000353. The molecule has 0 saturated carbocycles. The maximum Gasteiger partial charge on any atom is 0.133 e. The van der Waals surface area contributed by atoms with Gasteiger partial charge in [-0.2, -0.15) is 5.10 Å². The molecular formula is C29H31F4N3OS. The molecule has 1 aliphatic rings. The molecule has 0 aliphatic carbocycles. The molecule has 0 fully saturated rings. The summed E-state index contributed by atoms with van der Waals surface area (Å²) in [4.78, 5) is 0. The second kappa shape index (κ2) is 14.9. The monoisotopic (exact) mass is 545 g/mol. The van der Waals surface area contributed by atoms with Crippen LogP contribution in [-0.4, -0.2) is 31.4 Å². The number of hydrogen-bond donors (Lipinski definition) is 1. The average Bonchev–Trinajstić information content (AvgIpc) is 3.30. The van der Waals surface area contributed by atoms with E-state index in [1.165, 1.54) is 30.3 Å². The maximum atomic E-state index is 13.2.